The Kier molecular flexibility index (Phi) is 4.94. The minimum atomic E-state index is -0.281. The summed E-state index contributed by atoms with van der Waals surface area (Å²) in [6.07, 6.45) is 6.76. The number of anilines is 1. The highest BCUT2D eigenvalue weighted by Crippen LogP contribution is 2.32. The molecule has 0 radical (unpaired) electrons. The van der Waals surface area contributed by atoms with Crippen molar-refractivity contribution in [2.24, 2.45) is 0 Å². The summed E-state index contributed by atoms with van der Waals surface area (Å²) >= 11 is 1.61. The van der Waals surface area contributed by atoms with Crippen molar-refractivity contribution in [2.45, 2.75) is 25.4 Å². The SMILES string of the molecule is O=C(Nc1cnccn1)c1cccc(C2CCCN2Cc2cscn2)n1. The second kappa shape index (κ2) is 7.67. The van der Waals surface area contributed by atoms with Crippen LogP contribution >= 0.6 is 11.3 Å². The summed E-state index contributed by atoms with van der Waals surface area (Å²) in [6, 6.07) is 5.80. The van der Waals surface area contributed by atoms with Gasteiger partial charge in [0.25, 0.3) is 5.91 Å². The molecular formula is C18H18N6OS. The number of hydrogen-bond acceptors (Lipinski definition) is 7. The van der Waals surface area contributed by atoms with Crippen LogP contribution in [-0.4, -0.2) is 37.3 Å². The molecule has 0 aromatic carbocycles. The number of carbonyl (C=O) groups excluding carboxylic acids is 1. The molecule has 1 fully saturated rings. The molecule has 1 amide bonds. The molecule has 1 N–H and O–H groups in total. The van der Waals surface area contributed by atoms with Gasteiger partial charge in [-0.3, -0.25) is 14.7 Å². The zero-order chi connectivity index (χ0) is 17.8. The minimum absolute atomic E-state index is 0.209. The summed E-state index contributed by atoms with van der Waals surface area (Å²) in [5, 5.41) is 4.80. The van der Waals surface area contributed by atoms with Crippen molar-refractivity contribution < 1.29 is 4.79 Å². The molecule has 0 bridgehead atoms. The number of carbonyl (C=O) groups is 1. The number of likely N-dealkylation sites (tertiary alicyclic amines) is 1. The van der Waals surface area contributed by atoms with E-state index in [1.807, 2.05) is 17.6 Å². The molecule has 3 aromatic heterocycles. The van der Waals surface area contributed by atoms with Crippen LogP contribution in [0.5, 0.6) is 0 Å². The Bertz CT molecular complexity index is 870. The fourth-order valence-corrected chi connectivity index (χ4v) is 3.73. The van der Waals surface area contributed by atoms with E-state index in [1.165, 1.54) is 12.4 Å². The molecule has 0 spiro atoms. The van der Waals surface area contributed by atoms with Crippen molar-refractivity contribution in [3.8, 4) is 0 Å². The first kappa shape index (κ1) is 16.7. The van der Waals surface area contributed by atoms with Gasteiger partial charge in [0.2, 0.25) is 0 Å². The number of nitrogens with one attached hydrogen (secondary N) is 1. The van der Waals surface area contributed by atoms with Gasteiger partial charge >= 0.3 is 0 Å². The highest BCUT2D eigenvalue weighted by atomic mass is 32.1. The summed E-state index contributed by atoms with van der Waals surface area (Å²) < 4.78 is 0. The largest absolute Gasteiger partial charge is 0.304 e. The van der Waals surface area contributed by atoms with Crippen LogP contribution in [0.4, 0.5) is 5.82 Å². The molecule has 1 saturated heterocycles. The van der Waals surface area contributed by atoms with E-state index in [9.17, 15) is 4.79 Å². The molecule has 0 saturated carbocycles. The number of hydrogen-bond donors (Lipinski definition) is 1. The van der Waals surface area contributed by atoms with Gasteiger partial charge in [0.1, 0.15) is 5.69 Å². The molecule has 26 heavy (non-hydrogen) atoms. The first-order chi connectivity index (χ1) is 12.8. The average molecular weight is 366 g/mol. The monoisotopic (exact) mass is 366 g/mol. The van der Waals surface area contributed by atoms with Crippen molar-refractivity contribution in [1.29, 1.82) is 0 Å². The van der Waals surface area contributed by atoms with Crippen molar-refractivity contribution in [2.75, 3.05) is 11.9 Å². The summed E-state index contributed by atoms with van der Waals surface area (Å²) in [5.41, 5.74) is 4.24. The average Bonchev–Trinajstić information content (AvgIpc) is 3.35. The van der Waals surface area contributed by atoms with E-state index in [0.717, 1.165) is 37.3 Å². The number of pyridine rings is 1. The van der Waals surface area contributed by atoms with Gasteiger partial charge in [0.15, 0.2) is 5.82 Å². The molecule has 1 aliphatic rings. The Morgan fingerprint density at radius 1 is 1.31 bits per heavy atom. The van der Waals surface area contributed by atoms with E-state index in [0.29, 0.717) is 11.5 Å². The van der Waals surface area contributed by atoms with Gasteiger partial charge < -0.3 is 5.32 Å². The Morgan fingerprint density at radius 2 is 2.27 bits per heavy atom. The molecule has 1 atom stereocenters. The molecule has 8 heteroatoms. The lowest BCUT2D eigenvalue weighted by Crippen LogP contribution is -2.24. The topological polar surface area (TPSA) is 83.9 Å². The second-order valence-electron chi connectivity index (χ2n) is 6.10. The fraction of sp³-hybridized carbons (Fsp3) is 0.278. The smallest absolute Gasteiger partial charge is 0.275 e. The Balaban J connectivity index is 1.50. The predicted octanol–water partition coefficient (Wildman–Crippen LogP) is 2.92. The number of aromatic nitrogens is 4. The molecule has 4 rings (SSSR count). The van der Waals surface area contributed by atoms with Gasteiger partial charge in [0, 0.05) is 24.3 Å². The van der Waals surface area contributed by atoms with Crippen LogP contribution in [0, 0.1) is 0 Å². The van der Waals surface area contributed by atoms with E-state index in [1.54, 1.807) is 23.6 Å². The van der Waals surface area contributed by atoms with Crippen LogP contribution < -0.4 is 5.32 Å². The first-order valence-electron chi connectivity index (χ1n) is 8.45. The van der Waals surface area contributed by atoms with Gasteiger partial charge in [0.05, 0.1) is 29.1 Å². The summed E-state index contributed by atoms with van der Waals surface area (Å²) in [6.45, 7) is 1.83. The molecule has 132 valence electrons. The second-order valence-corrected chi connectivity index (χ2v) is 6.82. The van der Waals surface area contributed by atoms with Crippen LogP contribution in [0.15, 0.2) is 47.7 Å². The third kappa shape index (κ3) is 3.76. The van der Waals surface area contributed by atoms with E-state index in [2.05, 4.69) is 35.5 Å². The van der Waals surface area contributed by atoms with Crippen molar-refractivity contribution in [3.05, 3.63) is 64.8 Å². The van der Waals surface area contributed by atoms with Crippen molar-refractivity contribution in [1.82, 2.24) is 24.8 Å². The van der Waals surface area contributed by atoms with Gasteiger partial charge in [-0.15, -0.1) is 11.3 Å². The number of thiazole rings is 1. The zero-order valence-corrected chi connectivity index (χ0v) is 14.9. The van der Waals surface area contributed by atoms with Crippen LogP contribution in [0.2, 0.25) is 0 Å². The molecule has 7 nitrogen and oxygen atoms in total. The van der Waals surface area contributed by atoms with Crippen LogP contribution in [0.25, 0.3) is 0 Å². The number of amides is 1. The highest BCUT2D eigenvalue weighted by molar-refractivity contribution is 7.07. The normalized spacial score (nSPS) is 17.3. The lowest BCUT2D eigenvalue weighted by atomic mass is 10.1. The highest BCUT2D eigenvalue weighted by Gasteiger charge is 2.28. The molecule has 0 aliphatic carbocycles. The maximum atomic E-state index is 12.5. The summed E-state index contributed by atoms with van der Waals surface area (Å²) in [5.74, 6) is 0.132. The molecule has 3 aromatic rings. The first-order valence-corrected chi connectivity index (χ1v) is 9.39. The van der Waals surface area contributed by atoms with Gasteiger partial charge in [-0.2, -0.15) is 0 Å². The maximum Gasteiger partial charge on any atom is 0.275 e. The van der Waals surface area contributed by atoms with E-state index >= 15 is 0 Å². The van der Waals surface area contributed by atoms with Crippen molar-refractivity contribution in [3.63, 3.8) is 0 Å². The summed E-state index contributed by atoms with van der Waals surface area (Å²) in [7, 11) is 0. The van der Waals surface area contributed by atoms with E-state index in [4.69, 9.17) is 0 Å². The van der Waals surface area contributed by atoms with E-state index < -0.39 is 0 Å². The van der Waals surface area contributed by atoms with E-state index in [-0.39, 0.29) is 11.9 Å². The Labute approximate surface area is 155 Å². The van der Waals surface area contributed by atoms with Gasteiger partial charge in [-0.25, -0.2) is 15.0 Å². The third-order valence-electron chi connectivity index (χ3n) is 4.36. The van der Waals surface area contributed by atoms with Gasteiger partial charge in [-0.1, -0.05) is 6.07 Å². The predicted molar refractivity (Wildman–Crippen MR) is 98.7 cm³/mol. The standard InChI is InChI=1S/C18H18N6OS/c25-18(23-17-9-19-6-7-20-17)15-4-1-3-14(22-15)16-5-2-8-24(16)10-13-11-26-12-21-13/h1,3-4,6-7,9,11-12,16H,2,5,8,10H2,(H,20,23,25). The number of rotatable bonds is 5. The maximum absolute atomic E-state index is 12.5. The lowest BCUT2D eigenvalue weighted by Gasteiger charge is -2.23. The number of nitrogens with zero attached hydrogens (tertiary/aromatic N) is 5. The molecule has 4 heterocycles. The lowest BCUT2D eigenvalue weighted by molar-refractivity contribution is 0.102. The van der Waals surface area contributed by atoms with Crippen LogP contribution in [-0.2, 0) is 6.54 Å². The minimum Gasteiger partial charge on any atom is -0.304 e. The fourth-order valence-electron chi connectivity index (χ4n) is 3.18. The third-order valence-corrected chi connectivity index (χ3v) is 5.00. The van der Waals surface area contributed by atoms with Crippen LogP contribution in [0.3, 0.4) is 0 Å². The Hall–Kier alpha value is -2.71. The zero-order valence-electron chi connectivity index (χ0n) is 14.1. The van der Waals surface area contributed by atoms with Crippen molar-refractivity contribution >= 4 is 23.1 Å². The molecule has 1 aliphatic heterocycles. The molecule has 1 unspecified atom stereocenters. The van der Waals surface area contributed by atoms with Gasteiger partial charge in [-0.05, 0) is 31.5 Å². The summed E-state index contributed by atoms with van der Waals surface area (Å²) in [4.78, 5) is 31.8. The molecular weight excluding hydrogens is 348 g/mol. The van der Waals surface area contributed by atoms with Crippen LogP contribution in [0.1, 0.15) is 40.8 Å². The Morgan fingerprint density at radius 3 is 3.08 bits per heavy atom. The quantitative estimate of drug-likeness (QED) is 0.747.